The van der Waals surface area contributed by atoms with Crippen LogP contribution in [0.4, 0.5) is 10.6 Å². The lowest BCUT2D eigenvalue weighted by atomic mass is 10.0. The van der Waals surface area contributed by atoms with Crippen LogP contribution in [0, 0.1) is 18.3 Å². The number of anilines is 1. The molecule has 380 valence electrons. The largest absolute Gasteiger partial charge is 0.394 e. The number of hydrogen-bond donors (Lipinski definition) is 7. The molecule has 0 spiro atoms. The van der Waals surface area contributed by atoms with Crippen LogP contribution in [-0.4, -0.2) is 130 Å². The first kappa shape index (κ1) is 56.5. The van der Waals surface area contributed by atoms with Crippen molar-refractivity contribution in [2.24, 2.45) is 0 Å². The lowest BCUT2D eigenvalue weighted by Crippen LogP contribution is -2.36. The van der Waals surface area contributed by atoms with Gasteiger partial charge in [-0.1, -0.05) is 38.5 Å². The summed E-state index contributed by atoms with van der Waals surface area (Å²) in [5, 5.41) is 38.7. The predicted octanol–water partition coefficient (Wildman–Crippen LogP) is 6.13. The Bertz CT molecular complexity index is 1710. The highest BCUT2D eigenvalue weighted by Crippen LogP contribution is 2.50. The highest BCUT2D eigenvalue weighted by Gasteiger charge is 2.43. The summed E-state index contributed by atoms with van der Waals surface area (Å²) in [5.41, 5.74) is 0.343. The maximum atomic E-state index is 13.2. The van der Waals surface area contributed by atoms with E-state index in [1.165, 1.54) is 23.8 Å². The van der Waals surface area contributed by atoms with Crippen LogP contribution in [0.3, 0.4) is 0 Å². The second-order valence-corrected chi connectivity index (χ2v) is 21.3. The van der Waals surface area contributed by atoms with E-state index in [4.69, 9.17) is 19.0 Å². The van der Waals surface area contributed by atoms with Gasteiger partial charge in [-0.25, -0.2) is 14.3 Å². The SMILES string of the molecule is Cc1cn(C2CC(OP(OCCC#N)N(C(C)C)C(C)C)C(CO)O2)c(=O)nc1NCCCCCCNC(=O)CCCCCNC(=O)CCCCCNCCCCCC1SCC2NC(=O)NC21. The molecule has 1 aromatic rings. The molecule has 4 rings (SSSR count). The Hall–Kier alpha value is -3.08. The Balaban J connectivity index is 0.950. The Morgan fingerprint density at radius 3 is 2.16 bits per heavy atom. The van der Waals surface area contributed by atoms with Crippen LogP contribution in [0.25, 0.3) is 0 Å². The molecule has 7 N–H and O–H groups in total. The maximum Gasteiger partial charge on any atom is 0.351 e. The van der Waals surface area contributed by atoms with Crippen LogP contribution >= 0.6 is 20.3 Å². The molecule has 4 heterocycles. The second-order valence-electron chi connectivity index (χ2n) is 18.6. The van der Waals surface area contributed by atoms with Crippen molar-refractivity contribution in [1.82, 2.24) is 40.8 Å². The van der Waals surface area contributed by atoms with Gasteiger partial charge in [-0.2, -0.15) is 22.0 Å². The summed E-state index contributed by atoms with van der Waals surface area (Å²) in [4.78, 5) is 53.6. The Morgan fingerprint density at radius 1 is 0.925 bits per heavy atom. The number of carbonyl (C=O) groups is 3. The lowest BCUT2D eigenvalue weighted by molar-refractivity contribution is -0.122. The minimum Gasteiger partial charge on any atom is -0.394 e. The fraction of sp³-hybridized carbons (Fsp3) is 0.830. The third-order valence-corrected chi connectivity index (χ3v) is 16.0. The summed E-state index contributed by atoms with van der Waals surface area (Å²) in [6.45, 7) is 14.0. The summed E-state index contributed by atoms with van der Waals surface area (Å²) >= 11 is 1.98. The topological polar surface area (TPSA) is 233 Å². The summed E-state index contributed by atoms with van der Waals surface area (Å²) < 4.78 is 22.2. The third-order valence-electron chi connectivity index (χ3n) is 12.4. The van der Waals surface area contributed by atoms with Crippen LogP contribution in [0.5, 0.6) is 0 Å². The molecule has 7 unspecified atom stereocenters. The van der Waals surface area contributed by atoms with Gasteiger partial charge in [0, 0.05) is 73.7 Å². The number of carbonyl (C=O) groups excluding carboxylic acids is 3. The van der Waals surface area contributed by atoms with E-state index in [2.05, 4.69) is 75.3 Å². The van der Waals surface area contributed by atoms with Gasteiger partial charge in [-0.05, 0) is 99.1 Å². The normalized spacial score (nSPS) is 21.6. The van der Waals surface area contributed by atoms with E-state index in [0.717, 1.165) is 95.0 Å². The van der Waals surface area contributed by atoms with Crippen molar-refractivity contribution in [3.05, 3.63) is 22.2 Å². The Labute approximate surface area is 405 Å². The molecule has 4 amide bonds. The van der Waals surface area contributed by atoms with Gasteiger partial charge in [0.25, 0.3) is 8.53 Å². The van der Waals surface area contributed by atoms with Crippen LogP contribution in [-0.2, 0) is 23.4 Å². The first-order valence-corrected chi connectivity index (χ1v) is 27.4. The van der Waals surface area contributed by atoms with Gasteiger partial charge >= 0.3 is 11.7 Å². The fourth-order valence-electron chi connectivity index (χ4n) is 8.79. The number of rotatable bonds is 36. The van der Waals surface area contributed by atoms with Gasteiger partial charge in [0.1, 0.15) is 18.1 Å². The van der Waals surface area contributed by atoms with E-state index in [9.17, 15) is 24.3 Å². The van der Waals surface area contributed by atoms with Gasteiger partial charge in [0.05, 0.1) is 43.9 Å². The molecule has 0 aliphatic carbocycles. The number of thioether (sulfide) groups is 1. The van der Waals surface area contributed by atoms with Gasteiger partial charge in [0.15, 0.2) is 0 Å². The molecule has 3 aliphatic rings. The van der Waals surface area contributed by atoms with E-state index in [1.54, 1.807) is 6.20 Å². The number of fused-ring (bicyclic) bond motifs is 1. The molecule has 20 heteroatoms. The lowest BCUT2D eigenvalue weighted by Gasteiger charge is -2.37. The van der Waals surface area contributed by atoms with Crippen molar-refractivity contribution in [1.29, 1.82) is 5.26 Å². The zero-order valence-corrected chi connectivity index (χ0v) is 42.7. The van der Waals surface area contributed by atoms with Gasteiger partial charge in [-0.3, -0.25) is 14.2 Å². The number of amides is 4. The van der Waals surface area contributed by atoms with Gasteiger partial charge in [-0.15, -0.1) is 0 Å². The number of nitrogens with zero attached hydrogens (tertiary/aromatic N) is 4. The third kappa shape index (κ3) is 20.4. The molecule has 18 nitrogen and oxygen atoms in total. The van der Waals surface area contributed by atoms with Crippen molar-refractivity contribution in [3.63, 3.8) is 0 Å². The monoisotopic (exact) mass is 979 g/mol. The minimum absolute atomic E-state index is 0.0124. The standard InChI is InChI=1S/C47H83N10O8PS/c1-34(2)57(35(3)4)66(63-29-19-23-48)65-38-30-43(64-39(38)32-58)56-31-36(5)45(55-47(56)62)52-28-17-7-6-16-26-50-42(60)22-13-10-18-27-51-41(59)21-12-9-15-25-49-24-14-8-11-20-40-44-37(33-67-40)53-46(61)54-44/h31,34-35,37-40,43-44,49,58H,6-22,24-30,32-33H2,1-5H3,(H,50,60)(H,51,59)(H,52,55,62)(H2,53,54,61). The van der Waals surface area contributed by atoms with Gasteiger partial charge in [0.2, 0.25) is 11.8 Å². The summed E-state index contributed by atoms with van der Waals surface area (Å²) in [6, 6.07) is 2.94. The highest BCUT2D eigenvalue weighted by atomic mass is 32.2. The average Bonchev–Trinajstić information content (AvgIpc) is 3.99. The number of ether oxygens (including phenoxy) is 1. The predicted molar refractivity (Wildman–Crippen MR) is 266 cm³/mol. The molecule has 1 aromatic heterocycles. The van der Waals surface area contributed by atoms with E-state index in [0.29, 0.717) is 62.0 Å². The molecule has 0 bridgehead atoms. The first-order valence-electron chi connectivity index (χ1n) is 25.2. The summed E-state index contributed by atoms with van der Waals surface area (Å²) in [6.07, 6.45) is 15.6. The molecular formula is C47H83N10O8PS. The zero-order valence-electron chi connectivity index (χ0n) is 41.0. The minimum atomic E-state index is -1.55. The average molecular weight is 979 g/mol. The number of aromatic nitrogens is 2. The molecular weight excluding hydrogens is 896 g/mol. The number of aryl methyl sites for hydroxylation is 1. The number of urea groups is 1. The van der Waals surface area contributed by atoms with E-state index >= 15 is 0 Å². The molecule has 0 radical (unpaired) electrons. The highest BCUT2D eigenvalue weighted by molar-refractivity contribution is 8.00. The van der Waals surface area contributed by atoms with Crippen molar-refractivity contribution in [2.75, 3.05) is 57.0 Å². The molecule has 7 atom stereocenters. The molecule has 0 aromatic carbocycles. The van der Waals surface area contributed by atoms with E-state index in [-0.39, 0.29) is 49.6 Å². The maximum absolute atomic E-state index is 13.2. The Morgan fingerprint density at radius 2 is 1.54 bits per heavy atom. The molecule has 0 saturated carbocycles. The number of aliphatic hydroxyl groups excluding tert-OH is 1. The zero-order chi connectivity index (χ0) is 48.4. The summed E-state index contributed by atoms with van der Waals surface area (Å²) in [7, 11) is -1.55. The molecule has 67 heavy (non-hydrogen) atoms. The van der Waals surface area contributed by atoms with Crippen molar-refractivity contribution < 1.29 is 33.3 Å². The first-order chi connectivity index (χ1) is 32.4. The van der Waals surface area contributed by atoms with Crippen LogP contribution in [0.1, 0.15) is 155 Å². The number of unbranched alkanes of at least 4 members (excludes halogenated alkanes) is 9. The molecule has 3 saturated heterocycles. The number of nitrogens with one attached hydrogen (secondary N) is 6. The number of hydrogen-bond acceptors (Lipinski definition) is 14. The van der Waals surface area contributed by atoms with Crippen LogP contribution in [0.2, 0.25) is 0 Å². The smallest absolute Gasteiger partial charge is 0.351 e. The second kappa shape index (κ2) is 31.9. The van der Waals surface area contributed by atoms with E-state index < -0.39 is 32.7 Å². The fourth-order valence-corrected chi connectivity index (χ4v) is 12.1. The Kier molecular flexibility index (Phi) is 26.9. The van der Waals surface area contributed by atoms with Crippen LogP contribution < -0.4 is 37.6 Å². The quantitative estimate of drug-likeness (QED) is 0.0228. The van der Waals surface area contributed by atoms with Gasteiger partial charge < -0.3 is 50.8 Å². The summed E-state index contributed by atoms with van der Waals surface area (Å²) in [5.74, 6) is 1.73. The van der Waals surface area contributed by atoms with Crippen molar-refractivity contribution >= 4 is 44.0 Å². The number of aliphatic hydroxyl groups is 1. The molecule has 3 fully saturated rings. The van der Waals surface area contributed by atoms with Crippen molar-refractivity contribution in [2.45, 2.75) is 198 Å². The van der Waals surface area contributed by atoms with Crippen LogP contribution in [0.15, 0.2) is 11.0 Å². The number of nitriles is 1. The van der Waals surface area contributed by atoms with E-state index in [1.807, 2.05) is 18.7 Å². The van der Waals surface area contributed by atoms with Crippen molar-refractivity contribution in [3.8, 4) is 6.07 Å². The molecule has 3 aliphatic heterocycles.